The van der Waals surface area contributed by atoms with Crippen molar-refractivity contribution >= 4 is 5.97 Å². The molecule has 4 N–H and O–H groups in total. The second kappa shape index (κ2) is 17.8. The number of unbranched alkanes of at least 4 members (excludes halogenated alkanes) is 6. The first-order valence-electron chi connectivity index (χ1n) is 15.3. The molecule has 210 valence electrons. The highest BCUT2D eigenvalue weighted by Gasteiger charge is 2.44. The maximum absolute atomic E-state index is 12.5. The first-order valence-corrected chi connectivity index (χ1v) is 15.3. The van der Waals surface area contributed by atoms with Crippen molar-refractivity contribution in [1.82, 2.24) is 0 Å². The van der Waals surface area contributed by atoms with E-state index in [-0.39, 0.29) is 17.3 Å². The Bertz CT molecular complexity index is 754. The van der Waals surface area contributed by atoms with Gasteiger partial charge in [0.05, 0.1) is 12.0 Å². The summed E-state index contributed by atoms with van der Waals surface area (Å²) >= 11 is 0. The molecule has 0 aliphatic heterocycles. The number of aliphatic hydroxyl groups excluding tert-OH is 1. The number of carbonyl (C=O) groups is 1. The minimum Gasteiger partial charge on any atom is -0.481 e. The summed E-state index contributed by atoms with van der Waals surface area (Å²) in [5.74, 6) is -1.51. The molecular formula is C33H55NO3. The largest absolute Gasteiger partial charge is 0.481 e. The van der Waals surface area contributed by atoms with Crippen LogP contribution in [-0.4, -0.2) is 28.8 Å². The normalized spacial score (nSPS) is 18.9. The number of rotatable bonds is 19. The van der Waals surface area contributed by atoms with E-state index in [4.69, 9.17) is 5.73 Å². The number of carboxylic acid groups (broad SMARTS) is 1. The molecule has 1 aliphatic carbocycles. The Hall–Kier alpha value is -1.65. The van der Waals surface area contributed by atoms with Gasteiger partial charge >= 0.3 is 5.97 Å². The van der Waals surface area contributed by atoms with Crippen molar-refractivity contribution in [1.29, 1.82) is 0 Å². The molecule has 0 aromatic heterocycles. The van der Waals surface area contributed by atoms with Crippen LogP contribution in [0, 0.1) is 17.8 Å². The van der Waals surface area contributed by atoms with E-state index in [1.807, 2.05) is 0 Å². The van der Waals surface area contributed by atoms with Gasteiger partial charge in [-0.2, -0.15) is 0 Å². The number of nitrogens with two attached hydrogens (primary N) is 1. The highest BCUT2D eigenvalue weighted by atomic mass is 16.4. The van der Waals surface area contributed by atoms with Gasteiger partial charge in [0, 0.05) is 0 Å². The van der Waals surface area contributed by atoms with Crippen LogP contribution in [0.15, 0.2) is 42.5 Å². The van der Waals surface area contributed by atoms with Crippen molar-refractivity contribution in [2.45, 2.75) is 128 Å². The standard InChI is InChI=1S/C33H55NO3/c1-3-4-5-6-7-8-9-10-11-14-19-28(22-25-34)30(31(27(2)35)32(36)37)26-33(23-17-13-18-24-33)29-20-15-12-16-21-29/h8-9,12,15-16,20-21,27-28,30-31,35H,3-7,10-11,13-14,17-19,22-26,34H2,1-2H3,(H,36,37)/b9-8-/t27-,28+,30-,31+/m0/s1. The van der Waals surface area contributed by atoms with Gasteiger partial charge in [-0.05, 0) is 87.6 Å². The van der Waals surface area contributed by atoms with E-state index in [0.717, 1.165) is 51.4 Å². The highest BCUT2D eigenvalue weighted by Crippen LogP contribution is 2.48. The maximum atomic E-state index is 12.5. The molecule has 0 unspecified atom stereocenters. The topological polar surface area (TPSA) is 83.6 Å². The third-order valence-corrected chi connectivity index (χ3v) is 8.82. The lowest BCUT2D eigenvalue weighted by Gasteiger charge is -2.44. The zero-order valence-electron chi connectivity index (χ0n) is 23.8. The third-order valence-electron chi connectivity index (χ3n) is 8.82. The Morgan fingerprint density at radius 2 is 1.62 bits per heavy atom. The van der Waals surface area contributed by atoms with Crippen molar-refractivity contribution < 1.29 is 15.0 Å². The average Bonchev–Trinajstić information content (AvgIpc) is 2.89. The van der Waals surface area contributed by atoms with Gasteiger partial charge in [-0.3, -0.25) is 4.79 Å². The summed E-state index contributed by atoms with van der Waals surface area (Å²) in [6.45, 7) is 4.46. The van der Waals surface area contributed by atoms with Gasteiger partial charge in [0.2, 0.25) is 0 Å². The zero-order chi connectivity index (χ0) is 26.9. The third kappa shape index (κ3) is 10.6. The van der Waals surface area contributed by atoms with E-state index in [2.05, 4.69) is 49.4 Å². The summed E-state index contributed by atoms with van der Waals surface area (Å²) in [6.07, 6.45) is 21.9. The van der Waals surface area contributed by atoms with Crippen LogP contribution in [0.3, 0.4) is 0 Å². The smallest absolute Gasteiger partial charge is 0.309 e. The molecule has 2 rings (SSSR count). The van der Waals surface area contributed by atoms with Crippen molar-refractivity contribution in [3.8, 4) is 0 Å². The van der Waals surface area contributed by atoms with Crippen molar-refractivity contribution in [3.63, 3.8) is 0 Å². The molecule has 4 atom stereocenters. The molecule has 1 aromatic rings. The summed E-state index contributed by atoms with van der Waals surface area (Å²) < 4.78 is 0. The molecule has 0 saturated heterocycles. The minimum atomic E-state index is -0.880. The fourth-order valence-corrected chi connectivity index (χ4v) is 6.80. The Morgan fingerprint density at radius 3 is 2.19 bits per heavy atom. The number of aliphatic carboxylic acids is 1. The predicted octanol–water partition coefficient (Wildman–Crippen LogP) is 8.03. The van der Waals surface area contributed by atoms with Crippen molar-refractivity contribution in [3.05, 3.63) is 48.0 Å². The van der Waals surface area contributed by atoms with Crippen molar-refractivity contribution in [2.75, 3.05) is 6.54 Å². The number of hydrogen-bond acceptors (Lipinski definition) is 3. The molecule has 0 radical (unpaired) electrons. The lowest BCUT2D eigenvalue weighted by molar-refractivity contribution is -0.150. The fourth-order valence-electron chi connectivity index (χ4n) is 6.80. The second-order valence-electron chi connectivity index (χ2n) is 11.6. The molecule has 0 bridgehead atoms. The fraction of sp³-hybridized carbons (Fsp3) is 0.727. The SMILES string of the molecule is CCCCCC/C=C\CCCC[C@H](CCN)[C@H](CC1(c2ccccc2)CCCCC1)[C@H](C(=O)O)[C@H](C)O. The molecule has 1 saturated carbocycles. The number of aliphatic hydroxyl groups is 1. The molecule has 4 nitrogen and oxygen atoms in total. The lowest BCUT2D eigenvalue weighted by atomic mass is 9.60. The van der Waals surface area contributed by atoms with Gasteiger partial charge < -0.3 is 15.9 Å². The van der Waals surface area contributed by atoms with E-state index in [1.165, 1.54) is 56.9 Å². The number of carboxylic acids is 1. The first kappa shape index (κ1) is 31.6. The maximum Gasteiger partial charge on any atom is 0.309 e. The van der Waals surface area contributed by atoms with E-state index < -0.39 is 18.0 Å². The van der Waals surface area contributed by atoms with Gasteiger partial charge in [-0.15, -0.1) is 0 Å². The van der Waals surface area contributed by atoms with Gasteiger partial charge in [0.1, 0.15) is 0 Å². The number of allylic oxidation sites excluding steroid dienone is 2. The lowest BCUT2D eigenvalue weighted by Crippen LogP contribution is -2.42. The highest BCUT2D eigenvalue weighted by molar-refractivity contribution is 5.71. The Balaban J connectivity index is 2.15. The van der Waals surface area contributed by atoms with Crippen LogP contribution in [0.2, 0.25) is 0 Å². The Kier molecular flexibility index (Phi) is 15.2. The van der Waals surface area contributed by atoms with Gasteiger partial charge in [-0.25, -0.2) is 0 Å². The quantitative estimate of drug-likeness (QED) is 0.129. The van der Waals surface area contributed by atoms with Crippen LogP contribution >= 0.6 is 0 Å². The van der Waals surface area contributed by atoms with Crippen LogP contribution in [-0.2, 0) is 10.2 Å². The van der Waals surface area contributed by atoms with Crippen LogP contribution in [0.25, 0.3) is 0 Å². The van der Waals surface area contributed by atoms with Gasteiger partial charge in [0.25, 0.3) is 0 Å². The molecule has 0 spiro atoms. The molecule has 1 aliphatic rings. The molecule has 37 heavy (non-hydrogen) atoms. The summed E-state index contributed by atoms with van der Waals surface area (Å²) in [4.78, 5) is 12.5. The van der Waals surface area contributed by atoms with E-state index in [9.17, 15) is 15.0 Å². The Morgan fingerprint density at radius 1 is 0.973 bits per heavy atom. The van der Waals surface area contributed by atoms with Crippen LogP contribution in [0.5, 0.6) is 0 Å². The van der Waals surface area contributed by atoms with Crippen LogP contribution < -0.4 is 5.73 Å². The zero-order valence-corrected chi connectivity index (χ0v) is 23.8. The molecule has 1 aromatic carbocycles. The first-order chi connectivity index (χ1) is 17.9. The second-order valence-corrected chi connectivity index (χ2v) is 11.6. The molecular weight excluding hydrogens is 458 g/mol. The monoisotopic (exact) mass is 513 g/mol. The molecule has 1 fully saturated rings. The summed E-state index contributed by atoms with van der Waals surface area (Å²) in [6, 6.07) is 10.7. The number of benzene rings is 1. The average molecular weight is 514 g/mol. The summed E-state index contributed by atoms with van der Waals surface area (Å²) in [7, 11) is 0. The van der Waals surface area contributed by atoms with E-state index >= 15 is 0 Å². The van der Waals surface area contributed by atoms with Crippen LogP contribution in [0.4, 0.5) is 0 Å². The van der Waals surface area contributed by atoms with E-state index in [1.54, 1.807) is 6.92 Å². The summed E-state index contributed by atoms with van der Waals surface area (Å²) in [5.41, 5.74) is 7.42. The minimum absolute atomic E-state index is 0.0138. The van der Waals surface area contributed by atoms with E-state index in [0.29, 0.717) is 6.54 Å². The molecule has 0 heterocycles. The van der Waals surface area contributed by atoms with Gasteiger partial charge in [0.15, 0.2) is 0 Å². The van der Waals surface area contributed by atoms with Gasteiger partial charge in [-0.1, -0.05) is 101 Å². The summed E-state index contributed by atoms with van der Waals surface area (Å²) in [5, 5.41) is 20.9. The Labute approximate surface area is 227 Å². The predicted molar refractivity (Wildman–Crippen MR) is 156 cm³/mol. The molecule has 0 amide bonds. The number of hydrogen-bond donors (Lipinski definition) is 3. The van der Waals surface area contributed by atoms with Crippen LogP contribution in [0.1, 0.15) is 122 Å². The molecule has 4 heteroatoms. The van der Waals surface area contributed by atoms with Crippen molar-refractivity contribution in [2.24, 2.45) is 23.5 Å².